The summed E-state index contributed by atoms with van der Waals surface area (Å²) >= 11 is 0. The second kappa shape index (κ2) is 9.75. The van der Waals surface area contributed by atoms with E-state index in [1.807, 2.05) is 0 Å². The molecular weight excluding hydrogens is 248 g/mol. The van der Waals surface area contributed by atoms with E-state index >= 15 is 0 Å². The number of unbranched alkanes of at least 4 members (excludes halogenated alkanes) is 6. The topological polar surface area (TPSA) is 38.5 Å². The minimum atomic E-state index is -0.00811. The van der Waals surface area contributed by atoms with Gasteiger partial charge in [0.1, 0.15) is 0 Å². The molecule has 0 aromatic carbocycles. The second-order valence-corrected chi connectivity index (χ2v) is 6.88. The lowest BCUT2D eigenvalue weighted by atomic mass is 10.0. The normalized spacial score (nSPS) is 21.0. The van der Waals surface area contributed by atoms with Gasteiger partial charge in [-0.2, -0.15) is 0 Å². The minimum absolute atomic E-state index is 0.00811. The number of morpholine rings is 1. The van der Waals surface area contributed by atoms with Crippen molar-refractivity contribution in [3.8, 4) is 0 Å². The van der Waals surface area contributed by atoms with Crippen LogP contribution in [0.25, 0.3) is 0 Å². The van der Waals surface area contributed by atoms with Crippen LogP contribution < -0.4 is 5.73 Å². The van der Waals surface area contributed by atoms with Crippen molar-refractivity contribution in [1.82, 2.24) is 4.90 Å². The Hall–Kier alpha value is -0.120. The van der Waals surface area contributed by atoms with Crippen LogP contribution in [0.4, 0.5) is 0 Å². The lowest BCUT2D eigenvalue weighted by Crippen LogP contribution is -2.54. The molecule has 0 aliphatic carbocycles. The van der Waals surface area contributed by atoms with Crippen LogP contribution in [-0.2, 0) is 4.74 Å². The van der Waals surface area contributed by atoms with Gasteiger partial charge in [-0.25, -0.2) is 0 Å². The average Bonchev–Trinajstić information content (AvgIpc) is 2.41. The van der Waals surface area contributed by atoms with E-state index in [4.69, 9.17) is 10.5 Å². The first-order valence-corrected chi connectivity index (χ1v) is 8.67. The lowest BCUT2D eigenvalue weighted by Gasteiger charge is -2.42. The zero-order valence-electron chi connectivity index (χ0n) is 14.0. The van der Waals surface area contributed by atoms with Crippen molar-refractivity contribution < 1.29 is 4.74 Å². The maximum atomic E-state index is 5.99. The Labute approximate surface area is 126 Å². The summed E-state index contributed by atoms with van der Waals surface area (Å²) in [5, 5.41) is 0. The first-order valence-electron chi connectivity index (χ1n) is 8.67. The molecule has 0 radical (unpaired) electrons. The molecule has 0 saturated carbocycles. The standard InChI is InChI=1S/C17H36N2O/c1-4-5-6-7-8-9-10-11-16(14-18)19-12-13-20-17(2,3)15-19/h16H,4-15,18H2,1-3H3. The molecule has 20 heavy (non-hydrogen) atoms. The monoisotopic (exact) mass is 284 g/mol. The van der Waals surface area contributed by atoms with Crippen LogP contribution in [0.5, 0.6) is 0 Å². The molecule has 3 heteroatoms. The van der Waals surface area contributed by atoms with Gasteiger partial charge in [0.25, 0.3) is 0 Å². The number of rotatable bonds is 10. The van der Waals surface area contributed by atoms with Gasteiger partial charge in [-0.15, -0.1) is 0 Å². The van der Waals surface area contributed by atoms with E-state index in [-0.39, 0.29) is 5.60 Å². The molecule has 1 unspecified atom stereocenters. The van der Waals surface area contributed by atoms with E-state index in [9.17, 15) is 0 Å². The van der Waals surface area contributed by atoms with Crippen molar-refractivity contribution in [1.29, 1.82) is 0 Å². The molecule has 1 rings (SSSR count). The van der Waals surface area contributed by atoms with E-state index in [1.165, 1.54) is 51.4 Å². The maximum Gasteiger partial charge on any atom is 0.0753 e. The predicted octanol–water partition coefficient (Wildman–Crippen LogP) is 3.57. The van der Waals surface area contributed by atoms with E-state index in [0.717, 1.165) is 26.2 Å². The largest absolute Gasteiger partial charge is 0.373 e. The number of hydrogen-bond donors (Lipinski definition) is 1. The van der Waals surface area contributed by atoms with Crippen molar-refractivity contribution in [2.75, 3.05) is 26.2 Å². The molecule has 1 fully saturated rings. The van der Waals surface area contributed by atoms with Crippen LogP contribution >= 0.6 is 0 Å². The molecule has 0 bridgehead atoms. The lowest BCUT2D eigenvalue weighted by molar-refractivity contribution is -0.0969. The number of nitrogens with two attached hydrogens (primary N) is 1. The van der Waals surface area contributed by atoms with Crippen molar-refractivity contribution in [2.45, 2.75) is 83.8 Å². The molecular formula is C17H36N2O. The second-order valence-electron chi connectivity index (χ2n) is 6.88. The molecule has 0 aromatic rings. The summed E-state index contributed by atoms with van der Waals surface area (Å²) in [6, 6.07) is 0.550. The van der Waals surface area contributed by atoms with Gasteiger partial charge in [-0.05, 0) is 20.3 Å². The fourth-order valence-electron chi connectivity index (χ4n) is 3.15. The van der Waals surface area contributed by atoms with E-state index in [2.05, 4.69) is 25.7 Å². The van der Waals surface area contributed by atoms with Crippen LogP contribution in [0.15, 0.2) is 0 Å². The Morgan fingerprint density at radius 3 is 2.35 bits per heavy atom. The quantitative estimate of drug-likeness (QED) is 0.623. The Bertz CT molecular complexity index is 243. The molecule has 120 valence electrons. The highest BCUT2D eigenvalue weighted by atomic mass is 16.5. The van der Waals surface area contributed by atoms with Crippen molar-refractivity contribution >= 4 is 0 Å². The molecule has 0 aromatic heterocycles. The molecule has 1 aliphatic rings. The van der Waals surface area contributed by atoms with Gasteiger partial charge in [-0.3, -0.25) is 4.90 Å². The van der Waals surface area contributed by atoms with E-state index in [0.29, 0.717) is 6.04 Å². The van der Waals surface area contributed by atoms with Crippen LogP contribution in [0, 0.1) is 0 Å². The molecule has 1 heterocycles. The Morgan fingerprint density at radius 1 is 1.10 bits per heavy atom. The molecule has 1 aliphatic heterocycles. The smallest absolute Gasteiger partial charge is 0.0753 e. The third-order valence-electron chi connectivity index (χ3n) is 4.38. The molecule has 1 saturated heterocycles. The average molecular weight is 284 g/mol. The SMILES string of the molecule is CCCCCCCCCC(CN)N1CCOC(C)(C)C1. The minimum Gasteiger partial charge on any atom is -0.373 e. The molecule has 1 atom stereocenters. The van der Waals surface area contributed by atoms with Gasteiger partial charge < -0.3 is 10.5 Å². The van der Waals surface area contributed by atoms with Gasteiger partial charge in [0.15, 0.2) is 0 Å². The third-order valence-corrected chi connectivity index (χ3v) is 4.38. The number of ether oxygens (including phenoxy) is 1. The summed E-state index contributed by atoms with van der Waals surface area (Å²) in [6.07, 6.45) is 10.9. The Balaban J connectivity index is 2.16. The molecule has 2 N–H and O–H groups in total. The van der Waals surface area contributed by atoms with Crippen molar-refractivity contribution in [3.63, 3.8) is 0 Å². The van der Waals surface area contributed by atoms with E-state index in [1.54, 1.807) is 0 Å². The van der Waals surface area contributed by atoms with Crippen LogP contribution in [-0.4, -0.2) is 42.8 Å². The summed E-state index contributed by atoms with van der Waals surface area (Å²) in [5.41, 5.74) is 5.98. The van der Waals surface area contributed by atoms with Crippen molar-refractivity contribution in [3.05, 3.63) is 0 Å². The Morgan fingerprint density at radius 2 is 1.75 bits per heavy atom. The first kappa shape index (κ1) is 17.9. The van der Waals surface area contributed by atoms with Gasteiger partial charge in [0.05, 0.1) is 12.2 Å². The van der Waals surface area contributed by atoms with Gasteiger partial charge in [0, 0.05) is 25.7 Å². The first-order chi connectivity index (χ1) is 9.59. The summed E-state index contributed by atoms with van der Waals surface area (Å²) in [4.78, 5) is 2.54. The predicted molar refractivity (Wildman–Crippen MR) is 87.1 cm³/mol. The Kier molecular flexibility index (Phi) is 8.74. The summed E-state index contributed by atoms with van der Waals surface area (Å²) < 4.78 is 5.79. The highest BCUT2D eigenvalue weighted by molar-refractivity contribution is 4.84. The molecule has 3 nitrogen and oxygen atoms in total. The zero-order valence-corrected chi connectivity index (χ0v) is 14.0. The molecule has 0 amide bonds. The van der Waals surface area contributed by atoms with Gasteiger partial charge >= 0.3 is 0 Å². The van der Waals surface area contributed by atoms with Crippen LogP contribution in [0.1, 0.15) is 72.1 Å². The summed E-state index contributed by atoms with van der Waals surface area (Å²) in [5.74, 6) is 0. The fraction of sp³-hybridized carbons (Fsp3) is 1.00. The zero-order chi connectivity index (χ0) is 14.8. The number of nitrogens with zero attached hydrogens (tertiary/aromatic N) is 1. The van der Waals surface area contributed by atoms with Crippen LogP contribution in [0.3, 0.4) is 0 Å². The fourth-order valence-corrected chi connectivity index (χ4v) is 3.15. The van der Waals surface area contributed by atoms with Gasteiger partial charge in [0.2, 0.25) is 0 Å². The van der Waals surface area contributed by atoms with Crippen LogP contribution in [0.2, 0.25) is 0 Å². The van der Waals surface area contributed by atoms with E-state index < -0.39 is 0 Å². The number of hydrogen-bond acceptors (Lipinski definition) is 3. The third kappa shape index (κ3) is 7.05. The van der Waals surface area contributed by atoms with Crippen molar-refractivity contribution in [2.24, 2.45) is 5.73 Å². The van der Waals surface area contributed by atoms with Gasteiger partial charge in [-0.1, -0.05) is 51.9 Å². The summed E-state index contributed by atoms with van der Waals surface area (Å²) in [7, 11) is 0. The molecule has 0 spiro atoms. The maximum absolute atomic E-state index is 5.99. The summed E-state index contributed by atoms with van der Waals surface area (Å²) in [6.45, 7) is 10.3. The highest BCUT2D eigenvalue weighted by Crippen LogP contribution is 2.20. The highest BCUT2D eigenvalue weighted by Gasteiger charge is 2.30.